The third-order valence-corrected chi connectivity index (χ3v) is 6.72. The van der Waals surface area contributed by atoms with Crippen molar-refractivity contribution in [3.8, 4) is 0 Å². The smallest absolute Gasteiger partial charge is 0.329 e. The second kappa shape index (κ2) is 7.24. The number of ether oxygens (including phenoxy) is 1. The number of rotatable bonds is 4. The largest absolute Gasteiger partial charge is 0.464 e. The molecule has 1 aliphatic carbocycles. The van der Waals surface area contributed by atoms with Gasteiger partial charge in [0.25, 0.3) is 0 Å². The molecule has 3 rings (SSSR count). The lowest BCUT2D eigenvalue weighted by molar-refractivity contribution is -0.157. The van der Waals surface area contributed by atoms with E-state index in [1.807, 2.05) is 11.8 Å². The lowest BCUT2D eigenvalue weighted by Gasteiger charge is -2.38. The van der Waals surface area contributed by atoms with Gasteiger partial charge in [-0.2, -0.15) is 0 Å². The highest BCUT2D eigenvalue weighted by Crippen LogP contribution is 2.41. The first-order valence-corrected chi connectivity index (χ1v) is 9.86. The van der Waals surface area contributed by atoms with Crippen LogP contribution >= 0.6 is 11.8 Å². The fourth-order valence-electron chi connectivity index (χ4n) is 4.22. The van der Waals surface area contributed by atoms with Crippen molar-refractivity contribution < 1.29 is 14.3 Å². The van der Waals surface area contributed by atoms with E-state index in [-0.39, 0.29) is 29.2 Å². The first-order chi connectivity index (χ1) is 10.7. The lowest BCUT2D eigenvalue weighted by Crippen LogP contribution is -2.51. The van der Waals surface area contributed by atoms with Gasteiger partial charge in [-0.15, -0.1) is 11.8 Å². The molecule has 22 heavy (non-hydrogen) atoms. The number of fused-ring (bicyclic) bond motifs is 1. The number of esters is 1. The summed E-state index contributed by atoms with van der Waals surface area (Å²) in [6, 6.07) is -0.350. The summed E-state index contributed by atoms with van der Waals surface area (Å²) in [5, 5.41) is 0.199. The molecule has 2 aliphatic heterocycles. The Labute approximate surface area is 137 Å². The highest BCUT2D eigenvalue weighted by Gasteiger charge is 2.47. The van der Waals surface area contributed by atoms with E-state index in [1.165, 1.54) is 32.1 Å². The molecule has 0 radical (unpaired) electrons. The van der Waals surface area contributed by atoms with Gasteiger partial charge in [0.2, 0.25) is 5.91 Å². The highest BCUT2D eigenvalue weighted by molar-refractivity contribution is 8.00. The molecule has 0 aromatic carbocycles. The average Bonchev–Trinajstić information content (AvgIpc) is 2.96. The molecule has 1 saturated carbocycles. The van der Waals surface area contributed by atoms with Crippen molar-refractivity contribution in [3.63, 3.8) is 0 Å². The average molecular weight is 325 g/mol. The van der Waals surface area contributed by atoms with Gasteiger partial charge in [-0.3, -0.25) is 4.79 Å². The van der Waals surface area contributed by atoms with E-state index in [1.54, 1.807) is 11.8 Å². The normalized spacial score (nSPS) is 32.9. The van der Waals surface area contributed by atoms with Crippen molar-refractivity contribution in [2.24, 2.45) is 11.8 Å². The Morgan fingerprint density at radius 1 is 1.23 bits per heavy atom. The third-order valence-electron chi connectivity index (χ3n) is 5.36. The molecule has 5 heteroatoms. The molecule has 4 nitrogen and oxygen atoms in total. The topological polar surface area (TPSA) is 46.6 Å². The van der Waals surface area contributed by atoms with Gasteiger partial charge >= 0.3 is 5.97 Å². The zero-order chi connectivity index (χ0) is 15.5. The molecule has 0 spiro atoms. The number of amides is 1. The summed E-state index contributed by atoms with van der Waals surface area (Å²) < 4.78 is 5.16. The maximum absolute atomic E-state index is 12.9. The van der Waals surface area contributed by atoms with Gasteiger partial charge in [0.05, 0.1) is 12.0 Å². The fraction of sp³-hybridized carbons (Fsp3) is 0.882. The molecule has 124 valence electrons. The molecule has 0 N–H and O–H groups in total. The van der Waals surface area contributed by atoms with Crippen molar-refractivity contribution in [2.75, 3.05) is 12.4 Å². The van der Waals surface area contributed by atoms with Gasteiger partial charge in [-0.25, -0.2) is 4.79 Å². The lowest BCUT2D eigenvalue weighted by atomic mass is 9.80. The maximum Gasteiger partial charge on any atom is 0.329 e. The standard InChI is InChI=1S/C17H27NO3S/c1-2-21-17(20)14-11-22-15-9-8-13(16(19)18(14)15)10-12-6-4-3-5-7-12/h12-15H,2-11H2,1H3. The Kier molecular flexibility index (Phi) is 5.32. The van der Waals surface area contributed by atoms with Crippen molar-refractivity contribution >= 4 is 23.6 Å². The molecule has 3 unspecified atom stereocenters. The van der Waals surface area contributed by atoms with Crippen LogP contribution in [0, 0.1) is 11.8 Å². The van der Waals surface area contributed by atoms with Crippen LogP contribution < -0.4 is 0 Å². The fourth-order valence-corrected chi connectivity index (χ4v) is 5.64. The molecular weight excluding hydrogens is 298 g/mol. The summed E-state index contributed by atoms with van der Waals surface area (Å²) in [5.41, 5.74) is 0. The summed E-state index contributed by atoms with van der Waals surface area (Å²) in [6.07, 6.45) is 9.61. The molecule has 0 aromatic rings. The van der Waals surface area contributed by atoms with Gasteiger partial charge in [0.15, 0.2) is 0 Å². The van der Waals surface area contributed by atoms with E-state index >= 15 is 0 Å². The maximum atomic E-state index is 12.9. The van der Waals surface area contributed by atoms with Gasteiger partial charge < -0.3 is 9.64 Å². The van der Waals surface area contributed by atoms with Crippen molar-refractivity contribution in [2.45, 2.75) is 69.7 Å². The van der Waals surface area contributed by atoms with Crippen molar-refractivity contribution in [1.82, 2.24) is 4.90 Å². The van der Waals surface area contributed by atoms with Gasteiger partial charge in [-0.05, 0) is 32.1 Å². The van der Waals surface area contributed by atoms with Crippen LogP contribution in [-0.2, 0) is 14.3 Å². The minimum Gasteiger partial charge on any atom is -0.464 e. The quantitative estimate of drug-likeness (QED) is 0.745. The molecular formula is C17H27NO3S. The number of carbonyl (C=O) groups excluding carboxylic acids is 2. The zero-order valence-electron chi connectivity index (χ0n) is 13.5. The monoisotopic (exact) mass is 325 g/mol. The number of thioether (sulfide) groups is 1. The van der Waals surface area contributed by atoms with Gasteiger partial charge in [-0.1, -0.05) is 32.1 Å². The van der Waals surface area contributed by atoms with Crippen LogP contribution in [0.2, 0.25) is 0 Å². The number of hydrogen-bond acceptors (Lipinski definition) is 4. The van der Waals surface area contributed by atoms with E-state index < -0.39 is 0 Å². The second-order valence-corrected chi connectivity index (χ2v) is 8.03. The predicted octanol–water partition coefficient (Wildman–Crippen LogP) is 3.20. The van der Waals surface area contributed by atoms with Gasteiger partial charge in [0, 0.05) is 11.7 Å². The van der Waals surface area contributed by atoms with E-state index in [4.69, 9.17) is 4.74 Å². The van der Waals surface area contributed by atoms with E-state index in [0.717, 1.165) is 25.2 Å². The highest BCUT2D eigenvalue weighted by atomic mass is 32.2. The Balaban J connectivity index is 1.64. The van der Waals surface area contributed by atoms with Crippen LogP contribution in [0.25, 0.3) is 0 Å². The predicted molar refractivity (Wildman–Crippen MR) is 87.4 cm³/mol. The van der Waals surface area contributed by atoms with Crippen LogP contribution in [0.4, 0.5) is 0 Å². The third kappa shape index (κ3) is 3.29. The SMILES string of the molecule is CCOC(=O)C1CSC2CCC(CC3CCCCC3)C(=O)N21. The van der Waals surface area contributed by atoms with Crippen molar-refractivity contribution in [3.05, 3.63) is 0 Å². The van der Waals surface area contributed by atoms with Crippen LogP contribution in [0.5, 0.6) is 0 Å². The van der Waals surface area contributed by atoms with Crippen molar-refractivity contribution in [1.29, 1.82) is 0 Å². The second-order valence-electron chi connectivity index (χ2n) is 6.82. The molecule has 3 atom stereocenters. The number of hydrogen-bond donors (Lipinski definition) is 0. The molecule has 0 bridgehead atoms. The van der Waals surface area contributed by atoms with Gasteiger partial charge in [0.1, 0.15) is 6.04 Å². The van der Waals surface area contributed by atoms with E-state index in [9.17, 15) is 9.59 Å². The van der Waals surface area contributed by atoms with Crippen LogP contribution in [0.1, 0.15) is 58.3 Å². The summed E-state index contributed by atoms with van der Waals surface area (Å²) >= 11 is 1.74. The Bertz CT molecular complexity index is 422. The molecule has 0 aromatic heterocycles. The summed E-state index contributed by atoms with van der Waals surface area (Å²) in [7, 11) is 0. The minimum atomic E-state index is -0.350. The molecule has 3 aliphatic rings. The van der Waals surface area contributed by atoms with Crippen LogP contribution in [-0.4, -0.2) is 40.6 Å². The molecule has 2 heterocycles. The van der Waals surface area contributed by atoms with Crippen LogP contribution in [0.3, 0.4) is 0 Å². The summed E-state index contributed by atoms with van der Waals surface area (Å²) in [6.45, 7) is 2.21. The first-order valence-electron chi connectivity index (χ1n) is 8.81. The zero-order valence-corrected chi connectivity index (χ0v) is 14.3. The molecule has 2 saturated heterocycles. The van der Waals surface area contributed by atoms with E-state index in [0.29, 0.717) is 12.4 Å². The van der Waals surface area contributed by atoms with E-state index in [2.05, 4.69) is 0 Å². The molecule has 1 amide bonds. The number of carbonyl (C=O) groups is 2. The minimum absolute atomic E-state index is 0.134. The van der Waals surface area contributed by atoms with Crippen LogP contribution in [0.15, 0.2) is 0 Å². The molecule has 3 fully saturated rings. The Hall–Kier alpha value is -0.710. The number of piperidine rings is 1. The Morgan fingerprint density at radius 3 is 2.73 bits per heavy atom. The first kappa shape index (κ1) is 16.2. The number of nitrogens with zero attached hydrogens (tertiary/aromatic N) is 1. The Morgan fingerprint density at radius 2 is 2.00 bits per heavy atom. The summed E-state index contributed by atoms with van der Waals surface area (Å²) in [4.78, 5) is 26.9. The summed E-state index contributed by atoms with van der Waals surface area (Å²) in [5.74, 6) is 1.55.